The van der Waals surface area contributed by atoms with Crippen molar-refractivity contribution in [3.05, 3.63) is 29.3 Å². The molecule has 1 saturated heterocycles. The van der Waals surface area contributed by atoms with Gasteiger partial charge in [-0.15, -0.1) is 10.2 Å². The summed E-state index contributed by atoms with van der Waals surface area (Å²) >= 11 is 1.31. The van der Waals surface area contributed by atoms with Crippen molar-refractivity contribution < 1.29 is 14.3 Å². The molecular weight excluding hydrogens is 390 g/mol. The molecule has 1 fully saturated rings. The van der Waals surface area contributed by atoms with Crippen LogP contribution in [0.3, 0.4) is 0 Å². The molecule has 1 amide bonds. The number of hydrogen-bond acceptors (Lipinski definition) is 8. The highest BCUT2D eigenvalue weighted by atomic mass is 32.1. The van der Waals surface area contributed by atoms with Crippen molar-refractivity contribution in [1.29, 1.82) is 5.26 Å². The van der Waals surface area contributed by atoms with Crippen LogP contribution in [0.25, 0.3) is 6.08 Å². The maximum atomic E-state index is 12.5. The number of nitrogens with zero attached hydrogens (tertiary/aromatic N) is 4. The van der Waals surface area contributed by atoms with E-state index in [0.717, 1.165) is 37.0 Å². The topological polar surface area (TPSA) is 100 Å². The fourth-order valence-electron chi connectivity index (χ4n) is 3.02. The van der Waals surface area contributed by atoms with E-state index in [1.54, 1.807) is 25.3 Å². The number of aromatic nitrogens is 2. The molecular formula is C20H23N5O3S. The second kappa shape index (κ2) is 9.39. The van der Waals surface area contributed by atoms with Gasteiger partial charge in [0.05, 0.1) is 14.2 Å². The van der Waals surface area contributed by atoms with Crippen LogP contribution < -0.4 is 19.7 Å². The van der Waals surface area contributed by atoms with Gasteiger partial charge in [-0.25, -0.2) is 0 Å². The van der Waals surface area contributed by atoms with Crippen molar-refractivity contribution in [2.45, 2.75) is 19.8 Å². The van der Waals surface area contributed by atoms with E-state index in [0.29, 0.717) is 22.2 Å². The number of benzene rings is 1. The van der Waals surface area contributed by atoms with Gasteiger partial charge in [0, 0.05) is 13.1 Å². The summed E-state index contributed by atoms with van der Waals surface area (Å²) in [7, 11) is 3.07. The first kappa shape index (κ1) is 20.6. The molecule has 0 bridgehead atoms. The predicted molar refractivity (Wildman–Crippen MR) is 112 cm³/mol. The molecule has 1 aromatic heterocycles. The fraction of sp³-hybridized carbons (Fsp3) is 0.400. The molecule has 0 saturated carbocycles. The number of rotatable bonds is 6. The third kappa shape index (κ3) is 5.03. The number of carbonyl (C=O) groups excluding carboxylic acids is 1. The number of carbonyl (C=O) groups is 1. The molecule has 1 aromatic carbocycles. The Labute approximate surface area is 173 Å². The number of methoxy groups -OCH3 is 2. The number of piperidine rings is 1. The number of nitriles is 1. The third-order valence-corrected chi connectivity index (χ3v) is 5.67. The van der Waals surface area contributed by atoms with E-state index in [1.807, 2.05) is 6.07 Å². The number of hydrogen-bond donors (Lipinski definition) is 1. The molecule has 1 aliphatic heterocycles. The highest BCUT2D eigenvalue weighted by Gasteiger charge is 2.20. The first-order chi connectivity index (χ1) is 14.0. The summed E-state index contributed by atoms with van der Waals surface area (Å²) < 4.78 is 10.5. The molecule has 0 spiro atoms. The monoisotopic (exact) mass is 413 g/mol. The second-order valence-electron chi connectivity index (χ2n) is 6.80. The number of ether oxygens (including phenoxy) is 2. The van der Waals surface area contributed by atoms with Crippen LogP contribution in [-0.4, -0.2) is 43.4 Å². The minimum absolute atomic E-state index is 0.0410. The van der Waals surface area contributed by atoms with E-state index in [2.05, 4.69) is 27.3 Å². The lowest BCUT2D eigenvalue weighted by atomic mass is 10.00. The van der Waals surface area contributed by atoms with Crippen molar-refractivity contribution in [3.8, 4) is 17.6 Å². The molecule has 0 atom stereocenters. The third-order valence-electron chi connectivity index (χ3n) is 4.77. The highest BCUT2D eigenvalue weighted by Crippen LogP contribution is 2.30. The Morgan fingerprint density at radius 3 is 2.66 bits per heavy atom. The van der Waals surface area contributed by atoms with Crippen LogP contribution in [0.2, 0.25) is 0 Å². The molecule has 8 nitrogen and oxygen atoms in total. The molecule has 152 valence electrons. The van der Waals surface area contributed by atoms with Crippen LogP contribution >= 0.6 is 11.3 Å². The average molecular weight is 414 g/mol. The lowest BCUT2D eigenvalue weighted by molar-refractivity contribution is -0.112. The molecule has 0 aliphatic carbocycles. The Hall–Kier alpha value is -3.12. The summed E-state index contributed by atoms with van der Waals surface area (Å²) in [5.74, 6) is 1.28. The maximum Gasteiger partial charge on any atom is 0.268 e. The fourth-order valence-corrected chi connectivity index (χ4v) is 3.81. The van der Waals surface area contributed by atoms with E-state index >= 15 is 0 Å². The van der Waals surface area contributed by atoms with Gasteiger partial charge < -0.3 is 14.4 Å². The quantitative estimate of drug-likeness (QED) is 0.572. The molecule has 1 aliphatic rings. The first-order valence-corrected chi connectivity index (χ1v) is 10.1. The van der Waals surface area contributed by atoms with Crippen molar-refractivity contribution in [1.82, 2.24) is 10.2 Å². The molecule has 3 rings (SSSR count). The molecule has 2 heterocycles. The Kier molecular flexibility index (Phi) is 6.67. The standard InChI is InChI=1S/C20H23N5O3S/c1-13-6-8-25(9-7-13)20-24-23-19(29-20)22-18(26)15(12-21)10-14-4-5-16(27-2)17(11-14)28-3/h4-5,10-11,13H,6-9H2,1-3H3,(H,22,23,26)/b15-10-. The highest BCUT2D eigenvalue weighted by molar-refractivity contribution is 7.19. The minimum atomic E-state index is -0.530. The summed E-state index contributed by atoms with van der Waals surface area (Å²) in [6.45, 7) is 4.12. The van der Waals surface area contributed by atoms with Crippen LogP contribution in [0.15, 0.2) is 23.8 Å². The van der Waals surface area contributed by atoms with Crippen molar-refractivity contribution in [2.75, 3.05) is 37.5 Å². The molecule has 2 aromatic rings. The molecule has 9 heteroatoms. The molecule has 0 unspecified atom stereocenters. The van der Waals surface area contributed by atoms with Crippen LogP contribution in [0, 0.1) is 17.2 Å². The van der Waals surface area contributed by atoms with Gasteiger partial charge >= 0.3 is 0 Å². The Bertz CT molecular complexity index is 942. The maximum absolute atomic E-state index is 12.5. The minimum Gasteiger partial charge on any atom is -0.493 e. The zero-order valence-corrected chi connectivity index (χ0v) is 17.5. The zero-order valence-electron chi connectivity index (χ0n) is 16.6. The SMILES string of the molecule is COc1ccc(/C=C(/C#N)C(=O)Nc2nnc(N3CCC(C)CC3)s2)cc1OC. The van der Waals surface area contributed by atoms with Crippen LogP contribution in [0.5, 0.6) is 11.5 Å². The van der Waals surface area contributed by atoms with Crippen molar-refractivity contribution >= 4 is 33.6 Å². The average Bonchev–Trinajstić information content (AvgIpc) is 3.20. The van der Waals surface area contributed by atoms with Crippen LogP contribution in [0.4, 0.5) is 10.3 Å². The lowest BCUT2D eigenvalue weighted by Crippen LogP contribution is -2.32. The van der Waals surface area contributed by atoms with Crippen molar-refractivity contribution in [3.63, 3.8) is 0 Å². The van der Waals surface area contributed by atoms with E-state index in [-0.39, 0.29) is 5.57 Å². The Balaban J connectivity index is 1.71. The zero-order chi connectivity index (χ0) is 20.8. The van der Waals surface area contributed by atoms with Crippen molar-refractivity contribution in [2.24, 2.45) is 5.92 Å². The van der Waals surface area contributed by atoms with Gasteiger partial charge in [0.2, 0.25) is 10.3 Å². The van der Waals surface area contributed by atoms with Gasteiger partial charge in [-0.3, -0.25) is 10.1 Å². The van der Waals surface area contributed by atoms with Gasteiger partial charge in [-0.05, 0) is 42.5 Å². The van der Waals surface area contributed by atoms with E-state index in [9.17, 15) is 10.1 Å². The Morgan fingerprint density at radius 2 is 2.00 bits per heavy atom. The van der Waals surface area contributed by atoms with Gasteiger partial charge in [0.1, 0.15) is 11.6 Å². The van der Waals surface area contributed by atoms with Gasteiger partial charge in [0.25, 0.3) is 5.91 Å². The molecule has 1 N–H and O–H groups in total. The molecule has 29 heavy (non-hydrogen) atoms. The van der Waals surface area contributed by atoms with Gasteiger partial charge in [0.15, 0.2) is 11.5 Å². The van der Waals surface area contributed by atoms with Gasteiger partial charge in [-0.1, -0.05) is 24.3 Å². The summed E-state index contributed by atoms with van der Waals surface area (Å²) in [6.07, 6.45) is 3.73. The molecule has 0 radical (unpaired) electrons. The smallest absolute Gasteiger partial charge is 0.268 e. The largest absolute Gasteiger partial charge is 0.493 e. The number of nitrogens with one attached hydrogen (secondary N) is 1. The first-order valence-electron chi connectivity index (χ1n) is 9.27. The summed E-state index contributed by atoms with van der Waals surface area (Å²) in [4.78, 5) is 14.7. The number of anilines is 2. The van der Waals surface area contributed by atoms with Gasteiger partial charge in [-0.2, -0.15) is 5.26 Å². The summed E-state index contributed by atoms with van der Waals surface area (Å²) in [6, 6.07) is 7.09. The van der Waals surface area contributed by atoms with Crippen LogP contribution in [-0.2, 0) is 4.79 Å². The van der Waals surface area contributed by atoms with E-state index in [1.165, 1.54) is 24.5 Å². The normalized spacial score (nSPS) is 15.0. The van der Waals surface area contributed by atoms with Crippen LogP contribution in [0.1, 0.15) is 25.3 Å². The Morgan fingerprint density at radius 1 is 1.28 bits per heavy atom. The summed E-state index contributed by atoms with van der Waals surface area (Å²) in [5.41, 5.74) is 0.607. The lowest BCUT2D eigenvalue weighted by Gasteiger charge is -2.29. The van der Waals surface area contributed by atoms with E-state index < -0.39 is 5.91 Å². The number of amides is 1. The second-order valence-corrected chi connectivity index (χ2v) is 7.75. The predicted octanol–water partition coefficient (Wildman–Crippen LogP) is 3.34. The summed E-state index contributed by atoms with van der Waals surface area (Å²) in [5, 5.41) is 21.5. The van der Waals surface area contributed by atoms with E-state index in [4.69, 9.17) is 9.47 Å².